The van der Waals surface area contributed by atoms with Crippen molar-refractivity contribution in [2.75, 3.05) is 6.61 Å². The molecule has 4 aromatic carbocycles. The Morgan fingerprint density at radius 1 is 0.659 bits per heavy atom. The Hall–Kier alpha value is -4.89. The number of aromatic hydroxyl groups is 2. The molecular weight excluding hydrogens is 558 g/mol. The molecule has 9 nitrogen and oxygen atoms in total. The van der Waals surface area contributed by atoms with Crippen LogP contribution >= 0.6 is 0 Å². The van der Waals surface area contributed by atoms with E-state index < -0.39 is 29.9 Å². The highest BCUT2D eigenvalue weighted by atomic mass is 16.3. The predicted octanol–water partition coefficient (Wildman–Crippen LogP) is 3.38. The standard InChI is InChI=1S/C35H39N3O6/c1-22(2)33(35(44)36-28(21-39)18-23-8-13-29(40)14-9-23)38-34(43)31(19-24-10-15-30(41)16-11-24)37-32(42)20-25-7-12-26-5-3-4-6-27(26)17-25/h3-17,22,28,31,33,39-41H,18-21H2,1-2H3,(H,36,44)(H,37,42)(H,38,43)/t28-,31-,33-/m0/s1. The molecule has 9 heteroatoms. The van der Waals surface area contributed by atoms with Crippen LogP contribution in [0.2, 0.25) is 0 Å². The Labute approximate surface area is 256 Å². The number of rotatable bonds is 13. The van der Waals surface area contributed by atoms with Gasteiger partial charge in [-0.05, 0) is 64.1 Å². The SMILES string of the molecule is CC(C)[C@H](NC(=O)[C@H](Cc1ccc(O)cc1)NC(=O)Cc1ccc2ccccc2c1)C(=O)N[C@H](CO)Cc1ccc(O)cc1. The molecule has 6 N–H and O–H groups in total. The first kappa shape index (κ1) is 32.0. The van der Waals surface area contributed by atoms with Gasteiger partial charge in [-0.1, -0.05) is 80.6 Å². The summed E-state index contributed by atoms with van der Waals surface area (Å²) in [6.07, 6.45) is 0.533. The molecule has 44 heavy (non-hydrogen) atoms. The number of benzene rings is 4. The molecule has 0 fully saturated rings. The molecule has 3 amide bonds. The summed E-state index contributed by atoms with van der Waals surface area (Å²) < 4.78 is 0. The van der Waals surface area contributed by atoms with Crippen LogP contribution < -0.4 is 16.0 Å². The van der Waals surface area contributed by atoms with Crippen molar-refractivity contribution in [1.82, 2.24) is 16.0 Å². The van der Waals surface area contributed by atoms with Gasteiger partial charge in [-0.3, -0.25) is 14.4 Å². The Morgan fingerprint density at radius 2 is 1.23 bits per heavy atom. The average Bonchev–Trinajstić information content (AvgIpc) is 3.00. The first-order valence-electron chi connectivity index (χ1n) is 14.7. The quantitative estimate of drug-likeness (QED) is 0.139. The van der Waals surface area contributed by atoms with E-state index in [1.54, 1.807) is 38.1 Å². The lowest BCUT2D eigenvalue weighted by Crippen LogP contribution is -2.57. The fraction of sp³-hybridized carbons (Fsp3) is 0.286. The highest BCUT2D eigenvalue weighted by molar-refractivity contribution is 5.93. The molecule has 4 rings (SSSR count). The molecule has 0 heterocycles. The van der Waals surface area contributed by atoms with Crippen LogP contribution in [0.4, 0.5) is 0 Å². The first-order chi connectivity index (χ1) is 21.1. The van der Waals surface area contributed by atoms with E-state index in [2.05, 4.69) is 16.0 Å². The van der Waals surface area contributed by atoms with Gasteiger partial charge in [0, 0.05) is 6.42 Å². The summed E-state index contributed by atoms with van der Waals surface area (Å²) >= 11 is 0. The number of aliphatic hydroxyl groups excluding tert-OH is 1. The third-order valence-corrected chi connectivity index (χ3v) is 7.44. The molecular formula is C35H39N3O6. The molecule has 0 aliphatic carbocycles. The lowest BCUT2D eigenvalue weighted by Gasteiger charge is -2.27. The van der Waals surface area contributed by atoms with E-state index in [0.29, 0.717) is 12.0 Å². The smallest absolute Gasteiger partial charge is 0.243 e. The zero-order chi connectivity index (χ0) is 31.6. The maximum atomic E-state index is 13.6. The van der Waals surface area contributed by atoms with Crippen LogP contribution in [0.25, 0.3) is 10.8 Å². The van der Waals surface area contributed by atoms with Crippen molar-refractivity contribution >= 4 is 28.5 Å². The number of nitrogens with one attached hydrogen (secondary N) is 3. The summed E-state index contributed by atoms with van der Waals surface area (Å²) in [5, 5.41) is 39.7. The molecule has 0 saturated heterocycles. The maximum Gasteiger partial charge on any atom is 0.243 e. The van der Waals surface area contributed by atoms with Crippen LogP contribution in [0, 0.1) is 5.92 Å². The number of carbonyl (C=O) groups is 3. The molecule has 0 spiro atoms. The van der Waals surface area contributed by atoms with Gasteiger partial charge in [0.1, 0.15) is 23.6 Å². The van der Waals surface area contributed by atoms with E-state index in [9.17, 15) is 29.7 Å². The zero-order valence-corrected chi connectivity index (χ0v) is 24.9. The van der Waals surface area contributed by atoms with E-state index in [4.69, 9.17) is 0 Å². The van der Waals surface area contributed by atoms with Crippen molar-refractivity contribution in [1.29, 1.82) is 0 Å². The molecule has 4 aromatic rings. The van der Waals surface area contributed by atoms with E-state index in [1.807, 2.05) is 42.5 Å². The van der Waals surface area contributed by atoms with Gasteiger partial charge in [-0.2, -0.15) is 0 Å². The fourth-order valence-corrected chi connectivity index (χ4v) is 5.01. The van der Waals surface area contributed by atoms with Crippen molar-refractivity contribution < 1.29 is 29.7 Å². The van der Waals surface area contributed by atoms with Gasteiger partial charge in [0.25, 0.3) is 0 Å². The maximum absolute atomic E-state index is 13.6. The van der Waals surface area contributed by atoms with Crippen LogP contribution in [0.5, 0.6) is 11.5 Å². The summed E-state index contributed by atoms with van der Waals surface area (Å²) in [5.41, 5.74) is 2.33. The highest BCUT2D eigenvalue weighted by Gasteiger charge is 2.30. The average molecular weight is 598 g/mol. The minimum atomic E-state index is -0.993. The second-order valence-electron chi connectivity index (χ2n) is 11.3. The number of fused-ring (bicyclic) bond motifs is 1. The van der Waals surface area contributed by atoms with E-state index in [1.165, 1.54) is 24.3 Å². The first-order valence-corrected chi connectivity index (χ1v) is 14.7. The largest absolute Gasteiger partial charge is 0.508 e. The number of amides is 3. The molecule has 3 atom stereocenters. The van der Waals surface area contributed by atoms with E-state index in [0.717, 1.165) is 21.9 Å². The number of carbonyl (C=O) groups excluding carboxylic acids is 3. The molecule has 230 valence electrons. The van der Waals surface area contributed by atoms with Crippen molar-refractivity contribution in [2.24, 2.45) is 5.92 Å². The zero-order valence-electron chi connectivity index (χ0n) is 24.9. The number of hydrogen-bond acceptors (Lipinski definition) is 6. The number of hydrogen-bond donors (Lipinski definition) is 6. The summed E-state index contributed by atoms with van der Waals surface area (Å²) in [4.78, 5) is 40.2. The second-order valence-corrected chi connectivity index (χ2v) is 11.3. The number of phenolic OH excluding ortho intramolecular Hbond substituents is 2. The molecule has 0 aromatic heterocycles. The summed E-state index contributed by atoms with van der Waals surface area (Å²) in [5.74, 6) is -1.44. The van der Waals surface area contributed by atoms with Gasteiger partial charge in [0.2, 0.25) is 17.7 Å². The van der Waals surface area contributed by atoms with Gasteiger partial charge in [0.05, 0.1) is 19.1 Å². The van der Waals surface area contributed by atoms with Crippen molar-refractivity contribution in [3.8, 4) is 11.5 Å². The summed E-state index contributed by atoms with van der Waals surface area (Å²) in [6.45, 7) is 3.27. The van der Waals surface area contributed by atoms with Crippen molar-refractivity contribution in [2.45, 2.75) is 51.2 Å². The van der Waals surface area contributed by atoms with E-state index in [-0.39, 0.29) is 42.8 Å². The lowest BCUT2D eigenvalue weighted by atomic mass is 9.99. The lowest BCUT2D eigenvalue weighted by molar-refractivity contribution is -0.133. The Kier molecular flexibility index (Phi) is 10.9. The molecule has 0 aliphatic heterocycles. The molecule has 0 unspecified atom stereocenters. The minimum absolute atomic E-state index is 0.0632. The highest BCUT2D eigenvalue weighted by Crippen LogP contribution is 2.17. The fourth-order valence-electron chi connectivity index (χ4n) is 5.01. The topological polar surface area (TPSA) is 148 Å². The Bertz CT molecular complexity index is 1570. The van der Waals surface area contributed by atoms with Crippen LogP contribution in [0.15, 0.2) is 91.0 Å². The molecule has 0 aliphatic rings. The van der Waals surface area contributed by atoms with Crippen LogP contribution in [-0.2, 0) is 33.6 Å². The summed E-state index contributed by atoms with van der Waals surface area (Å²) in [6, 6.07) is 23.9. The molecule has 0 bridgehead atoms. The third-order valence-electron chi connectivity index (χ3n) is 7.44. The van der Waals surface area contributed by atoms with Crippen molar-refractivity contribution in [3.05, 3.63) is 108 Å². The van der Waals surface area contributed by atoms with Crippen molar-refractivity contribution in [3.63, 3.8) is 0 Å². The van der Waals surface area contributed by atoms with Gasteiger partial charge < -0.3 is 31.3 Å². The molecule has 0 radical (unpaired) electrons. The predicted molar refractivity (Wildman–Crippen MR) is 169 cm³/mol. The summed E-state index contributed by atoms with van der Waals surface area (Å²) in [7, 11) is 0. The van der Waals surface area contributed by atoms with Gasteiger partial charge >= 0.3 is 0 Å². The normalized spacial score (nSPS) is 13.2. The van der Waals surface area contributed by atoms with Crippen LogP contribution in [0.3, 0.4) is 0 Å². The number of phenols is 2. The third kappa shape index (κ3) is 9.05. The van der Waals surface area contributed by atoms with Crippen LogP contribution in [-0.4, -0.2) is 57.8 Å². The Balaban J connectivity index is 1.47. The minimum Gasteiger partial charge on any atom is -0.508 e. The van der Waals surface area contributed by atoms with E-state index >= 15 is 0 Å². The number of aliphatic hydroxyl groups is 1. The van der Waals surface area contributed by atoms with Gasteiger partial charge in [0.15, 0.2) is 0 Å². The van der Waals surface area contributed by atoms with Crippen LogP contribution in [0.1, 0.15) is 30.5 Å². The monoisotopic (exact) mass is 597 g/mol. The van der Waals surface area contributed by atoms with Gasteiger partial charge in [-0.25, -0.2) is 0 Å². The molecule has 0 saturated carbocycles. The van der Waals surface area contributed by atoms with Gasteiger partial charge in [-0.15, -0.1) is 0 Å². The second kappa shape index (κ2) is 15.0. The Morgan fingerprint density at radius 3 is 1.82 bits per heavy atom.